The van der Waals surface area contributed by atoms with E-state index in [1.54, 1.807) is 24.3 Å². The van der Waals surface area contributed by atoms with Gasteiger partial charge in [-0.3, -0.25) is 4.79 Å². The summed E-state index contributed by atoms with van der Waals surface area (Å²) in [6.45, 7) is 3.63. The molecule has 1 amide bonds. The lowest BCUT2D eigenvalue weighted by molar-refractivity contribution is 0.102. The van der Waals surface area contributed by atoms with E-state index in [2.05, 4.69) is 16.9 Å². The Kier molecular flexibility index (Phi) is 3.31. The molecule has 2 rings (SSSR count). The van der Waals surface area contributed by atoms with Crippen molar-refractivity contribution in [3.63, 3.8) is 0 Å². The maximum Gasteiger partial charge on any atom is 0.256 e. The Hall–Kier alpha value is -2.42. The molecule has 1 N–H and O–H groups in total. The Morgan fingerprint density at radius 2 is 1.88 bits per heavy atom. The molecule has 0 unspecified atom stereocenters. The standard InChI is InChI=1S/C14H12N2O/c1-2-12-9-6-10-13(15-12)16-14(17)11-7-4-3-5-8-11/h2-10H,1H2,(H,15,16,17). The van der Waals surface area contributed by atoms with Crippen LogP contribution in [0, 0.1) is 0 Å². The Morgan fingerprint density at radius 1 is 1.12 bits per heavy atom. The van der Waals surface area contributed by atoms with Gasteiger partial charge in [0.25, 0.3) is 5.91 Å². The average molecular weight is 224 g/mol. The third-order valence-corrected chi connectivity index (χ3v) is 2.26. The van der Waals surface area contributed by atoms with Gasteiger partial charge < -0.3 is 5.32 Å². The fourth-order valence-corrected chi connectivity index (χ4v) is 1.41. The second-order valence-electron chi connectivity index (χ2n) is 3.47. The molecular weight excluding hydrogens is 212 g/mol. The minimum Gasteiger partial charge on any atom is -0.307 e. The van der Waals surface area contributed by atoms with Gasteiger partial charge in [0, 0.05) is 5.56 Å². The minimum absolute atomic E-state index is 0.167. The molecule has 0 fully saturated rings. The van der Waals surface area contributed by atoms with Gasteiger partial charge in [0.15, 0.2) is 0 Å². The predicted octanol–water partition coefficient (Wildman–Crippen LogP) is 2.98. The lowest BCUT2D eigenvalue weighted by atomic mass is 10.2. The summed E-state index contributed by atoms with van der Waals surface area (Å²) >= 11 is 0. The van der Waals surface area contributed by atoms with Crippen molar-refractivity contribution in [1.29, 1.82) is 0 Å². The van der Waals surface area contributed by atoms with Crippen LogP contribution in [-0.2, 0) is 0 Å². The zero-order valence-electron chi connectivity index (χ0n) is 9.26. The van der Waals surface area contributed by atoms with Crippen LogP contribution in [0.15, 0.2) is 55.1 Å². The fraction of sp³-hybridized carbons (Fsp3) is 0. The number of nitrogens with zero attached hydrogens (tertiary/aromatic N) is 1. The highest BCUT2D eigenvalue weighted by atomic mass is 16.1. The fourth-order valence-electron chi connectivity index (χ4n) is 1.41. The summed E-state index contributed by atoms with van der Waals surface area (Å²) in [6, 6.07) is 14.4. The summed E-state index contributed by atoms with van der Waals surface area (Å²) in [4.78, 5) is 16.0. The van der Waals surface area contributed by atoms with Crippen molar-refractivity contribution in [2.75, 3.05) is 5.32 Å². The van der Waals surface area contributed by atoms with Gasteiger partial charge >= 0.3 is 0 Å². The summed E-state index contributed by atoms with van der Waals surface area (Å²) < 4.78 is 0. The second kappa shape index (κ2) is 5.07. The van der Waals surface area contributed by atoms with Crippen molar-refractivity contribution in [3.05, 3.63) is 66.4 Å². The number of benzene rings is 1. The van der Waals surface area contributed by atoms with Gasteiger partial charge in [-0.15, -0.1) is 0 Å². The Labute approximate surface area is 99.8 Å². The maximum atomic E-state index is 11.8. The number of rotatable bonds is 3. The number of carbonyl (C=O) groups is 1. The summed E-state index contributed by atoms with van der Waals surface area (Å²) in [6.07, 6.45) is 1.64. The number of anilines is 1. The van der Waals surface area contributed by atoms with Gasteiger partial charge in [0.05, 0.1) is 5.69 Å². The molecule has 0 aliphatic rings. The number of hydrogen-bond acceptors (Lipinski definition) is 2. The number of aromatic nitrogens is 1. The molecule has 2 aromatic rings. The van der Waals surface area contributed by atoms with Crippen molar-refractivity contribution in [1.82, 2.24) is 4.98 Å². The molecule has 0 radical (unpaired) electrons. The van der Waals surface area contributed by atoms with Gasteiger partial charge in [-0.25, -0.2) is 4.98 Å². The van der Waals surface area contributed by atoms with E-state index in [1.807, 2.05) is 30.3 Å². The van der Waals surface area contributed by atoms with Gasteiger partial charge in [0.2, 0.25) is 0 Å². The highest BCUT2D eigenvalue weighted by molar-refractivity contribution is 6.03. The summed E-state index contributed by atoms with van der Waals surface area (Å²) in [5.74, 6) is 0.357. The van der Waals surface area contributed by atoms with E-state index >= 15 is 0 Å². The molecule has 0 spiro atoms. The third kappa shape index (κ3) is 2.78. The molecule has 1 aromatic heterocycles. The van der Waals surface area contributed by atoms with Crippen LogP contribution in [0.4, 0.5) is 5.82 Å². The second-order valence-corrected chi connectivity index (χ2v) is 3.47. The molecule has 3 heteroatoms. The van der Waals surface area contributed by atoms with E-state index in [0.29, 0.717) is 11.4 Å². The molecule has 3 nitrogen and oxygen atoms in total. The summed E-state index contributed by atoms with van der Waals surface area (Å²) in [7, 11) is 0. The minimum atomic E-state index is -0.167. The van der Waals surface area contributed by atoms with E-state index in [9.17, 15) is 4.79 Å². The van der Waals surface area contributed by atoms with Crippen LogP contribution in [0.2, 0.25) is 0 Å². The molecule has 1 heterocycles. The lowest BCUT2D eigenvalue weighted by Crippen LogP contribution is -2.12. The Bertz CT molecular complexity index is 535. The van der Waals surface area contributed by atoms with Crippen LogP contribution in [0.5, 0.6) is 0 Å². The number of carbonyl (C=O) groups excluding carboxylic acids is 1. The monoisotopic (exact) mass is 224 g/mol. The van der Waals surface area contributed by atoms with Crippen molar-refractivity contribution in [2.24, 2.45) is 0 Å². The molecular formula is C14H12N2O. The molecule has 0 saturated carbocycles. The first kappa shape index (κ1) is 11.1. The number of nitrogens with one attached hydrogen (secondary N) is 1. The van der Waals surface area contributed by atoms with Gasteiger partial charge in [-0.2, -0.15) is 0 Å². The molecule has 84 valence electrons. The predicted molar refractivity (Wildman–Crippen MR) is 68.7 cm³/mol. The highest BCUT2D eigenvalue weighted by Crippen LogP contribution is 2.08. The molecule has 0 saturated heterocycles. The van der Waals surface area contributed by atoms with E-state index < -0.39 is 0 Å². The van der Waals surface area contributed by atoms with E-state index in [1.165, 1.54) is 0 Å². The topological polar surface area (TPSA) is 42.0 Å². The van der Waals surface area contributed by atoms with Crippen LogP contribution < -0.4 is 5.32 Å². The molecule has 0 atom stereocenters. The number of hydrogen-bond donors (Lipinski definition) is 1. The quantitative estimate of drug-likeness (QED) is 0.870. The first-order valence-corrected chi connectivity index (χ1v) is 5.25. The average Bonchev–Trinajstić information content (AvgIpc) is 2.40. The van der Waals surface area contributed by atoms with Gasteiger partial charge in [-0.05, 0) is 30.3 Å². The lowest BCUT2D eigenvalue weighted by Gasteiger charge is -2.04. The summed E-state index contributed by atoms with van der Waals surface area (Å²) in [5.41, 5.74) is 1.34. The van der Waals surface area contributed by atoms with Gasteiger partial charge in [-0.1, -0.05) is 30.8 Å². The largest absolute Gasteiger partial charge is 0.307 e. The van der Waals surface area contributed by atoms with Crippen molar-refractivity contribution >= 4 is 17.8 Å². The SMILES string of the molecule is C=Cc1cccc(NC(=O)c2ccccc2)n1. The summed E-state index contributed by atoms with van der Waals surface area (Å²) in [5, 5.41) is 2.74. The van der Waals surface area contributed by atoms with Crippen molar-refractivity contribution in [2.45, 2.75) is 0 Å². The Balaban J connectivity index is 2.16. The highest BCUT2D eigenvalue weighted by Gasteiger charge is 2.05. The molecule has 0 bridgehead atoms. The van der Waals surface area contributed by atoms with Gasteiger partial charge in [0.1, 0.15) is 5.82 Å². The molecule has 1 aromatic carbocycles. The number of amides is 1. The van der Waals surface area contributed by atoms with Crippen LogP contribution in [-0.4, -0.2) is 10.9 Å². The normalized spacial score (nSPS) is 9.65. The first-order chi connectivity index (χ1) is 8.29. The molecule has 0 aliphatic carbocycles. The number of pyridine rings is 1. The van der Waals surface area contributed by atoms with Crippen LogP contribution >= 0.6 is 0 Å². The zero-order chi connectivity index (χ0) is 12.1. The van der Waals surface area contributed by atoms with Crippen LogP contribution in [0.25, 0.3) is 6.08 Å². The third-order valence-electron chi connectivity index (χ3n) is 2.26. The molecule has 0 aliphatic heterocycles. The molecule has 17 heavy (non-hydrogen) atoms. The smallest absolute Gasteiger partial charge is 0.256 e. The first-order valence-electron chi connectivity index (χ1n) is 5.25. The van der Waals surface area contributed by atoms with E-state index in [0.717, 1.165) is 5.69 Å². The van der Waals surface area contributed by atoms with Crippen molar-refractivity contribution < 1.29 is 4.79 Å². The van der Waals surface area contributed by atoms with Crippen molar-refractivity contribution in [3.8, 4) is 0 Å². The van der Waals surface area contributed by atoms with Crippen LogP contribution in [0.3, 0.4) is 0 Å². The van der Waals surface area contributed by atoms with Crippen LogP contribution in [0.1, 0.15) is 16.1 Å². The maximum absolute atomic E-state index is 11.8. The van der Waals surface area contributed by atoms with E-state index in [-0.39, 0.29) is 5.91 Å². The van der Waals surface area contributed by atoms with E-state index in [4.69, 9.17) is 0 Å². The zero-order valence-corrected chi connectivity index (χ0v) is 9.26. The Morgan fingerprint density at radius 3 is 2.59 bits per heavy atom.